The van der Waals surface area contributed by atoms with Crippen molar-refractivity contribution in [1.29, 1.82) is 0 Å². The van der Waals surface area contributed by atoms with E-state index in [1.807, 2.05) is 43.5 Å². The molecule has 0 radical (unpaired) electrons. The summed E-state index contributed by atoms with van der Waals surface area (Å²) in [5.41, 5.74) is 4.90. The van der Waals surface area contributed by atoms with Gasteiger partial charge in [-0.2, -0.15) is 5.10 Å². The standard InChI is InChI=1S/C21H22N4O/c1-15-7-5-11-19(23-15)21(26)24-18-10-6-12-20-17(18)13-22-25(20)14-16-8-3-2-4-9-16/h2-5,7-9,11,13,18H,6,10,12,14H2,1H3,(H,24,26). The van der Waals surface area contributed by atoms with Gasteiger partial charge in [-0.3, -0.25) is 9.48 Å². The first-order chi connectivity index (χ1) is 12.7. The van der Waals surface area contributed by atoms with Crippen LogP contribution in [0.3, 0.4) is 0 Å². The van der Waals surface area contributed by atoms with Gasteiger partial charge in [0.15, 0.2) is 0 Å². The fourth-order valence-electron chi connectivity index (χ4n) is 3.56. The van der Waals surface area contributed by atoms with E-state index in [0.29, 0.717) is 5.69 Å². The monoisotopic (exact) mass is 346 g/mol. The van der Waals surface area contributed by atoms with Crippen molar-refractivity contribution in [2.24, 2.45) is 0 Å². The summed E-state index contributed by atoms with van der Waals surface area (Å²) in [6.07, 6.45) is 4.88. The van der Waals surface area contributed by atoms with Gasteiger partial charge in [-0.05, 0) is 43.9 Å². The van der Waals surface area contributed by atoms with E-state index >= 15 is 0 Å². The highest BCUT2D eigenvalue weighted by molar-refractivity contribution is 5.92. The van der Waals surface area contributed by atoms with Crippen molar-refractivity contribution in [3.8, 4) is 0 Å². The lowest BCUT2D eigenvalue weighted by atomic mass is 9.92. The van der Waals surface area contributed by atoms with Crippen LogP contribution in [0.1, 0.15) is 51.9 Å². The summed E-state index contributed by atoms with van der Waals surface area (Å²) in [6, 6.07) is 15.8. The summed E-state index contributed by atoms with van der Waals surface area (Å²) in [5.74, 6) is -0.123. The first kappa shape index (κ1) is 16.5. The lowest BCUT2D eigenvalue weighted by Gasteiger charge is -2.24. The molecule has 2 heterocycles. The van der Waals surface area contributed by atoms with Gasteiger partial charge in [-0.15, -0.1) is 0 Å². The van der Waals surface area contributed by atoms with Crippen molar-refractivity contribution >= 4 is 5.91 Å². The molecule has 0 saturated carbocycles. The topological polar surface area (TPSA) is 59.8 Å². The van der Waals surface area contributed by atoms with Gasteiger partial charge in [0.05, 0.1) is 18.8 Å². The number of amides is 1. The Balaban J connectivity index is 1.53. The van der Waals surface area contributed by atoms with Crippen LogP contribution >= 0.6 is 0 Å². The minimum atomic E-state index is -0.123. The van der Waals surface area contributed by atoms with E-state index in [0.717, 1.165) is 37.1 Å². The second-order valence-electron chi connectivity index (χ2n) is 6.77. The predicted octanol–water partition coefficient (Wildman–Crippen LogP) is 3.44. The highest BCUT2D eigenvalue weighted by atomic mass is 16.1. The number of fused-ring (bicyclic) bond motifs is 1. The van der Waals surface area contributed by atoms with Gasteiger partial charge in [0, 0.05) is 17.0 Å². The Hall–Kier alpha value is -2.95. The third-order valence-electron chi connectivity index (χ3n) is 4.86. The third-order valence-corrected chi connectivity index (χ3v) is 4.86. The molecule has 1 aliphatic rings. The highest BCUT2D eigenvalue weighted by Gasteiger charge is 2.26. The molecule has 0 aliphatic heterocycles. The van der Waals surface area contributed by atoms with Crippen LogP contribution in [0.25, 0.3) is 0 Å². The number of aromatic nitrogens is 3. The van der Waals surface area contributed by atoms with Crippen molar-refractivity contribution in [3.63, 3.8) is 0 Å². The van der Waals surface area contributed by atoms with Gasteiger partial charge < -0.3 is 5.32 Å². The summed E-state index contributed by atoms with van der Waals surface area (Å²) in [6.45, 7) is 2.65. The average molecular weight is 346 g/mol. The van der Waals surface area contributed by atoms with E-state index in [-0.39, 0.29) is 11.9 Å². The first-order valence-electron chi connectivity index (χ1n) is 9.04. The minimum absolute atomic E-state index is 0.00177. The Kier molecular flexibility index (Phi) is 4.52. The number of benzene rings is 1. The maximum absolute atomic E-state index is 12.6. The molecule has 132 valence electrons. The average Bonchev–Trinajstić information content (AvgIpc) is 3.06. The molecule has 0 bridgehead atoms. The molecule has 0 saturated heterocycles. The van der Waals surface area contributed by atoms with Crippen LogP contribution in [0.4, 0.5) is 0 Å². The van der Waals surface area contributed by atoms with Crippen molar-refractivity contribution in [1.82, 2.24) is 20.1 Å². The molecular formula is C21H22N4O. The summed E-state index contributed by atoms with van der Waals surface area (Å²) >= 11 is 0. The Bertz CT molecular complexity index is 917. The number of hydrogen-bond acceptors (Lipinski definition) is 3. The molecule has 0 fully saturated rings. The highest BCUT2D eigenvalue weighted by Crippen LogP contribution is 2.30. The molecule has 3 aromatic rings. The van der Waals surface area contributed by atoms with E-state index < -0.39 is 0 Å². The largest absolute Gasteiger partial charge is 0.344 e. The van der Waals surface area contributed by atoms with Crippen molar-refractivity contribution in [3.05, 3.63) is 82.9 Å². The van der Waals surface area contributed by atoms with Gasteiger partial charge in [-0.25, -0.2) is 4.98 Å². The van der Waals surface area contributed by atoms with E-state index in [1.165, 1.54) is 11.3 Å². The number of aryl methyl sites for hydroxylation is 1. The Morgan fingerprint density at radius 3 is 2.85 bits per heavy atom. The molecule has 1 atom stereocenters. The van der Waals surface area contributed by atoms with E-state index in [9.17, 15) is 4.79 Å². The number of nitrogens with zero attached hydrogens (tertiary/aromatic N) is 3. The number of nitrogens with one attached hydrogen (secondary N) is 1. The fraction of sp³-hybridized carbons (Fsp3) is 0.286. The number of rotatable bonds is 4. The van der Waals surface area contributed by atoms with Crippen LogP contribution < -0.4 is 5.32 Å². The van der Waals surface area contributed by atoms with Gasteiger partial charge in [-0.1, -0.05) is 36.4 Å². The van der Waals surface area contributed by atoms with Crippen LogP contribution in [-0.4, -0.2) is 20.7 Å². The normalized spacial score (nSPS) is 16.1. The smallest absolute Gasteiger partial charge is 0.270 e. The zero-order valence-corrected chi connectivity index (χ0v) is 14.9. The zero-order valence-electron chi connectivity index (χ0n) is 14.9. The Labute approximate surface area is 153 Å². The number of hydrogen-bond donors (Lipinski definition) is 1. The predicted molar refractivity (Wildman–Crippen MR) is 99.9 cm³/mol. The SMILES string of the molecule is Cc1cccc(C(=O)NC2CCCc3c2cnn3Cc2ccccc2)n1. The quantitative estimate of drug-likeness (QED) is 0.787. The van der Waals surface area contributed by atoms with Crippen LogP contribution in [0, 0.1) is 6.92 Å². The number of pyridine rings is 1. The number of carbonyl (C=O) groups is 1. The van der Waals surface area contributed by atoms with Crippen LogP contribution in [0.5, 0.6) is 0 Å². The van der Waals surface area contributed by atoms with Crippen molar-refractivity contribution < 1.29 is 4.79 Å². The minimum Gasteiger partial charge on any atom is -0.344 e. The summed E-state index contributed by atoms with van der Waals surface area (Å²) < 4.78 is 2.06. The zero-order chi connectivity index (χ0) is 17.9. The maximum Gasteiger partial charge on any atom is 0.270 e. The molecule has 1 aliphatic carbocycles. The van der Waals surface area contributed by atoms with Crippen LogP contribution in [-0.2, 0) is 13.0 Å². The summed E-state index contributed by atoms with van der Waals surface area (Å²) in [7, 11) is 0. The molecule has 1 unspecified atom stereocenters. The van der Waals surface area contributed by atoms with E-state index in [2.05, 4.69) is 32.2 Å². The van der Waals surface area contributed by atoms with Gasteiger partial charge in [0.2, 0.25) is 0 Å². The van der Waals surface area contributed by atoms with Gasteiger partial charge in [0.25, 0.3) is 5.91 Å². The van der Waals surface area contributed by atoms with E-state index in [4.69, 9.17) is 0 Å². The van der Waals surface area contributed by atoms with E-state index in [1.54, 1.807) is 6.07 Å². The summed E-state index contributed by atoms with van der Waals surface area (Å²) in [5, 5.41) is 7.73. The molecule has 5 heteroatoms. The third kappa shape index (κ3) is 3.38. The lowest BCUT2D eigenvalue weighted by Crippen LogP contribution is -2.31. The Morgan fingerprint density at radius 2 is 2.04 bits per heavy atom. The molecule has 1 N–H and O–H groups in total. The molecule has 1 aromatic carbocycles. The first-order valence-corrected chi connectivity index (χ1v) is 9.04. The Morgan fingerprint density at radius 1 is 1.19 bits per heavy atom. The van der Waals surface area contributed by atoms with Crippen LogP contribution in [0.15, 0.2) is 54.7 Å². The molecule has 26 heavy (non-hydrogen) atoms. The van der Waals surface area contributed by atoms with Gasteiger partial charge >= 0.3 is 0 Å². The molecule has 5 nitrogen and oxygen atoms in total. The molecule has 0 spiro atoms. The van der Waals surface area contributed by atoms with Crippen molar-refractivity contribution in [2.45, 2.75) is 38.8 Å². The molecule has 1 amide bonds. The van der Waals surface area contributed by atoms with Crippen LogP contribution in [0.2, 0.25) is 0 Å². The molecule has 2 aromatic heterocycles. The summed E-state index contributed by atoms with van der Waals surface area (Å²) in [4.78, 5) is 16.9. The molecular weight excluding hydrogens is 324 g/mol. The lowest BCUT2D eigenvalue weighted by molar-refractivity contribution is 0.0927. The second kappa shape index (κ2) is 7.12. The molecule has 4 rings (SSSR count). The fourth-order valence-corrected chi connectivity index (χ4v) is 3.56. The number of carbonyl (C=O) groups excluding carboxylic acids is 1. The second-order valence-corrected chi connectivity index (χ2v) is 6.77. The van der Waals surface area contributed by atoms with Crippen molar-refractivity contribution in [2.75, 3.05) is 0 Å². The maximum atomic E-state index is 12.6. The van der Waals surface area contributed by atoms with Gasteiger partial charge in [0.1, 0.15) is 5.69 Å².